The smallest absolute Gasteiger partial charge is 0.344 e. The van der Waals surface area contributed by atoms with Gasteiger partial charge in [0.05, 0.1) is 11.1 Å². The van der Waals surface area contributed by atoms with Crippen LogP contribution in [0.15, 0.2) is 9.32 Å². The van der Waals surface area contributed by atoms with Crippen LogP contribution in [0.1, 0.15) is 51.4 Å². The number of hydrogen-bond acceptors (Lipinski definition) is 7. The number of carbonyl (C=O) groups is 1. The fourth-order valence-electron chi connectivity index (χ4n) is 3.24. The van der Waals surface area contributed by atoms with Gasteiger partial charge in [0.1, 0.15) is 28.6 Å². The van der Waals surface area contributed by atoms with Gasteiger partial charge in [0.15, 0.2) is 0 Å². The normalized spacial score (nSPS) is 13.4. The zero-order valence-electron chi connectivity index (χ0n) is 14.0. The maximum atomic E-state index is 12.4. The predicted molar refractivity (Wildman–Crippen MR) is 92.0 cm³/mol. The van der Waals surface area contributed by atoms with Gasteiger partial charge in [0, 0.05) is 4.88 Å². The molecule has 4 rings (SSSR count). The fourth-order valence-corrected chi connectivity index (χ4v) is 4.52. The summed E-state index contributed by atoms with van der Waals surface area (Å²) in [7, 11) is 0. The summed E-state index contributed by atoms with van der Waals surface area (Å²) >= 11 is 1.56. The van der Waals surface area contributed by atoms with E-state index in [4.69, 9.17) is 9.26 Å². The number of aryl methyl sites for hydroxylation is 4. The van der Waals surface area contributed by atoms with Crippen LogP contribution in [0, 0.1) is 6.92 Å². The highest BCUT2D eigenvalue weighted by atomic mass is 32.1. The number of thiophene rings is 1. The van der Waals surface area contributed by atoms with E-state index in [1.54, 1.807) is 18.3 Å². The molecule has 1 aliphatic rings. The monoisotopic (exact) mass is 359 g/mol. The molecule has 130 valence electrons. The first-order chi connectivity index (χ1) is 12.1. The van der Waals surface area contributed by atoms with Gasteiger partial charge in [-0.15, -0.1) is 11.3 Å². The average Bonchev–Trinajstić information content (AvgIpc) is 3.26. The Balaban J connectivity index is 1.58. The number of hydrogen-bond donors (Lipinski definition) is 1. The van der Waals surface area contributed by atoms with Gasteiger partial charge in [-0.25, -0.2) is 9.78 Å². The largest absolute Gasteiger partial charge is 0.454 e. The highest BCUT2D eigenvalue weighted by Gasteiger charge is 2.23. The molecular weight excluding hydrogens is 342 g/mol. The first kappa shape index (κ1) is 16.0. The summed E-state index contributed by atoms with van der Waals surface area (Å²) in [6, 6.07) is 0. The minimum atomic E-state index is -0.521. The molecule has 3 heterocycles. The third-order valence-electron chi connectivity index (χ3n) is 4.44. The zero-order chi connectivity index (χ0) is 17.6. The van der Waals surface area contributed by atoms with E-state index in [1.165, 1.54) is 4.88 Å². The van der Waals surface area contributed by atoms with E-state index in [9.17, 15) is 9.59 Å². The Morgan fingerprint density at radius 1 is 1.40 bits per heavy atom. The quantitative estimate of drug-likeness (QED) is 0.719. The maximum Gasteiger partial charge on any atom is 0.344 e. The maximum absolute atomic E-state index is 12.4. The molecule has 3 aromatic rings. The molecule has 0 atom stereocenters. The van der Waals surface area contributed by atoms with E-state index in [1.807, 2.05) is 6.92 Å². The third-order valence-corrected chi connectivity index (χ3v) is 5.62. The average molecular weight is 359 g/mol. The van der Waals surface area contributed by atoms with Crippen LogP contribution in [0.2, 0.25) is 0 Å². The van der Waals surface area contributed by atoms with Gasteiger partial charge in [-0.2, -0.15) is 0 Å². The lowest BCUT2D eigenvalue weighted by atomic mass is 10.1. The van der Waals surface area contributed by atoms with E-state index in [0.29, 0.717) is 34.6 Å². The van der Waals surface area contributed by atoms with Gasteiger partial charge in [-0.05, 0) is 38.2 Å². The van der Waals surface area contributed by atoms with E-state index >= 15 is 0 Å². The minimum Gasteiger partial charge on any atom is -0.454 e. The van der Waals surface area contributed by atoms with Gasteiger partial charge < -0.3 is 14.2 Å². The Morgan fingerprint density at radius 2 is 2.24 bits per heavy atom. The van der Waals surface area contributed by atoms with Crippen molar-refractivity contribution >= 4 is 27.5 Å². The van der Waals surface area contributed by atoms with Crippen LogP contribution in [0.5, 0.6) is 0 Å². The molecule has 7 nitrogen and oxygen atoms in total. The summed E-state index contributed by atoms with van der Waals surface area (Å²) in [6.45, 7) is 3.46. The number of nitrogens with one attached hydrogen (secondary N) is 1. The lowest BCUT2D eigenvalue weighted by Crippen LogP contribution is -2.15. The number of nitrogens with zero attached hydrogens (tertiary/aromatic N) is 2. The molecule has 0 spiro atoms. The first-order valence-corrected chi connectivity index (χ1v) is 9.05. The molecule has 0 saturated carbocycles. The number of ether oxygens (including phenoxy) is 1. The van der Waals surface area contributed by atoms with Crippen LogP contribution in [0.25, 0.3) is 10.2 Å². The van der Waals surface area contributed by atoms with E-state index in [0.717, 1.165) is 29.7 Å². The second-order valence-electron chi connectivity index (χ2n) is 6.04. The molecule has 25 heavy (non-hydrogen) atoms. The summed E-state index contributed by atoms with van der Waals surface area (Å²) in [6.07, 6.45) is 3.60. The van der Waals surface area contributed by atoms with Crippen molar-refractivity contribution in [3.8, 4) is 0 Å². The molecule has 0 bridgehead atoms. The molecule has 1 N–H and O–H groups in total. The lowest BCUT2D eigenvalue weighted by molar-refractivity contribution is 0.0459. The third kappa shape index (κ3) is 2.66. The highest BCUT2D eigenvalue weighted by molar-refractivity contribution is 7.18. The molecule has 0 aromatic carbocycles. The van der Waals surface area contributed by atoms with Gasteiger partial charge in [0.2, 0.25) is 0 Å². The highest BCUT2D eigenvalue weighted by Crippen LogP contribution is 2.34. The second kappa shape index (κ2) is 6.11. The van der Waals surface area contributed by atoms with Crippen molar-refractivity contribution in [1.29, 1.82) is 0 Å². The van der Waals surface area contributed by atoms with Gasteiger partial charge >= 0.3 is 5.97 Å². The second-order valence-corrected chi connectivity index (χ2v) is 7.12. The topological polar surface area (TPSA) is 98.1 Å². The summed E-state index contributed by atoms with van der Waals surface area (Å²) < 4.78 is 10.4. The molecule has 0 amide bonds. The summed E-state index contributed by atoms with van der Waals surface area (Å²) in [5, 5.41) is 4.54. The molecule has 8 heteroatoms. The molecule has 1 aliphatic carbocycles. The number of fused-ring (bicyclic) bond motifs is 3. The fraction of sp³-hybridized carbons (Fsp3) is 0.412. The van der Waals surface area contributed by atoms with Crippen LogP contribution in [-0.2, 0) is 30.6 Å². The number of aromatic amines is 1. The predicted octanol–water partition coefficient (Wildman–Crippen LogP) is 2.69. The van der Waals surface area contributed by atoms with Crippen molar-refractivity contribution in [3.63, 3.8) is 0 Å². The van der Waals surface area contributed by atoms with E-state index in [2.05, 4.69) is 15.1 Å². The van der Waals surface area contributed by atoms with Gasteiger partial charge in [-0.1, -0.05) is 12.1 Å². The van der Waals surface area contributed by atoms with Crippen molar-refractivity contribution < 1.29 is 14.1 Å². The SMILES string of the molecule is CCc1noc(C)c1C(=O)OCc1nc2sc3c(c2c(=O)[nH]1)CCC3. The molecular formula is C17H17N3O4S. The summed E-state index contributed by atoms with van der Waals surface area (Å²) in [5.41, 5.74) is 1.88. The number of esters is 1. The lowest BCUT2D eigenvalue weighted by Gasteiger charge is -2.04. The van der Waals surface area contributed by atoms with Gasteiger partial charge in [0.25, 0.3) is 5.56 Å². The zero-order valence-corrected chi connectivity index (χ0v) is 14.8. The van der Waals surface area contributed by atoms with Crippen molar-refractivity contribution in [2.24, 2.45) is 0 Å². The number of carbonyl (C=O) groups excluding carboxylic acids is 1. The van der Waals surface area contributed by atoms with Crippen LogP contribution in [-0.4, -0.2) is 21.1 Å². The summed E-state index contributed by atoms with van der Waals surface area (Å²) in [5.74, 6) is 0.249. The van der Waals surface area contributed by atoms with Crippen LogP contribution < -0.4 is 5.56 Å². The number of aromatic nitrogens is 3. The Bertz CT molecular complexity index is 1030. The van der Waals surface area contributed by atoms with Crippen LogP contribution in [0.4, 0.5) is 0 Å². The number of H-pyrrole nitrogens is 1. The molecule has 3 aromatic heterocycles. The molecule has 0 radical (unpaired) electrons. The Kier molecular flexibility index (Phi) is 3.91. The summed E-state index contributed by atoms with van der Waals surface area (Å²) in [4.78, 5) is 33.9. The van der Waals surface area contributed by atoms with Crippen molar-refractivity contribution in [1.82, 2.24) is 15.1 Å². The minimum absolute atomic E-state index is 0.0969. The molecule has 0 fully saturated rings. The van der Waals surface area contributed by atoms with Crippen LogP contribution in [0.3, 0.4) is 0 Å². The number of rotatable bonds is 4. The van der Waals surface area contributed by atoms with Gasteiger partial charge in [-0.3, -0.25) is 4.79 Å². The van der Waals surface area contributed by atoms with Crippen molar-refractivity contribution in [2.75, 3.05) is 0 Å². The molecule has 0 aliphatic heterocycles. The Labute approximate surface area is 147 Å². The van der Waals surface area contributed by atoms with Crippen LogP contribution >= 0.6 is 11.3 Å². The Hall–Kier alpha value is -2.48. The molecule has 0 saturated heterocycles. The van der Waals surface area contributed by atoms with E-state index in [-0.39, 0.29) is 12.2 Å². The van der Waals surface area contributed by atoms with Crippen molar-refractivity contribution in [3.05, 3.63) is 43.6 Å². The standard InChI is InChI=1S/C17H17N3O4S/c1-3-10-13(8(2)24-20-10)17(22)23-7-12-18-15(21)14-9-5-4-6-11(9)25-16(14)19-12/h3-7H2,1-2H3,(H,18,19,21). The first-order valence-electron chi connectivity index (χ1n) is 8.24. The van der Waals surface area contributed by atoms with E-state index < -0.39 is 5.97 Å². The van der Waals surface area contributed by atoms with Crippen molar-refractivity contribution in [2.45, 2.75) is 46.1 Å². The molecule has 0 unspecified atom stereocenters. The Morgan fingerprint density at radius 3 is 3.04 bits per heavy atom.